The van der Waals surface area contributed by atoms with Crippen LogP contribution in [0.5, 0.6) is 0 Å². The third-order valence-electron chi connectivity index (χ3n) is 5.06. The van der Waals surface area contributed by atoms with E-state index in [-0.39, 0.29) is 6.10 Å². The van der Waals surface area contributed by atoms with Crippen molar-refractivity contribution in [3.8, 4) is 10.7 Å². The summed E-state index contributed by atoms with van der Waals surface area (Å²) in [7, 11) is 1.64. The fraction of sp³-hybridized carbons (Fsp3) is 0.500. The number of pyridine rings is 1. The fourth-order valence-corrected chi connectivity index (χ4v) is 4.14. The van der Waals surface area contributed by atoms with Crippen LogP contribution in [0.2, 0.25) is 0 Å². The Morgan fingerprint density at radius 1 is 1.14 bits per heavy atom. The van der Waals surface area contributed by atoms with Gasteiger partial charge in [0.05, 0.1) is 17.9 Å². The van der Waals surface area contributed by atoms with Gasteiger partial charge in [-0.15, -0.1) is 11.3 Å². The zero-order valence-electron chi connectivity index (χ0n) is 16.8. The summed E-state index contributed by atoms with van der Waals surface area (Å²) >= 11 is 1.66. The van der Waals surface area contributed by atoms with Crippen molar-refractivity contribution in [3.05, 3.63) is 47.2 Å². The molecule has 3 aromatic heterocycles. The van der Waals surface area contributed by atoms with E-state index >= 15 is 0 Å². The summed E-state index contributed by atoms with van der Waals surface area (Å²) in [6.45, 7) is 7.49. The van der Waals surface area contributed by atoms with E-state index in [1.807, 2.05) is 31.3 Å². The van der Waals surface area contributed by atoms with Crippen LogP contribution in [-0.4, -0.2) is 63.2 Å². The molecular weight excluding hydrogens is 388 g/mol. The number of ether oxygens (including phenoxy) is 1. The Morgan fingerprint density at radius 3 is 2.72 bits per heavy atom. The molecule has 1 atom stereocenters. The lowest BCUT2D eigenvalue weighted by Gasteiger charge is -2.20. The average Bonchev–Trinajstić information content (AvgIpc) is 3.36. The number of nitrogens with zero attached hydrogens (tertiary/aromatic N) is 6. The van der Waals surface area contributed by atoms with Gasteiger partial charge in [0.1, 0.15) is 11.1 Å². The Hall–Kier alpha value is -2.20. The second-order valence-corrected chi connectivity index (χ2v) is 8.05. The minimum absolute atomic E-state index is 0.152. The zero-order valence-corrected chi connectivity index (χ0v) is 17.6. The first-order chi connectivity index (χ1) is 14.2. The molecule has 4 heterocycles. The minimum atomic E-state index is -0.152. The maximum Gasteiger partial charge on any atom is 0.240 e. The topological polar surface area (TPSA) is 80.4 Å². The Bertz CT molecular complexity index is 899. The number of aromatic nitrogens is 4. The predicted molar refractivity (Wildman–Crippen MR) is 110 cm³/mol. The summed E-state index contributed by atoms with van der Waals surface area (Å²) in [5, 5.41) is 7.14. The smallest absolute Gasteiger partial charge is 0.240 e. The zero-order chi connectivity index (χ0) is 20.1. The third-order valence-corrected chi connectivity index (χ3v) is 5.98. The first-order valence-electron chi connectivity index (χ1n) is 9.87. The highest BCUT2D eigenvalue weighted by Gasteiger charge is 2.19. The molecule has 9 heteroatoms. The highest BCUT2D eigenvalue weighted by molar-refractivity contribution is 7.13. The molecule has 1 aliphatic rings. The number of thiazole rings is 1. The molecule has 0 aliphatic carbocycles. The Labute approximate surface area is 174 Å². The largest absolute Gasteiger partial charge is 0.374 e. The van der Waals surface area contributed by atoms with E-state index in [1.54, 1.807) is 18.4 Å². The van der Waals surface area contributed by atoms with Gasteiger partial charge in [-0.2, -0.15) is 4.98 Å². The van der Waals surface area contributed by atoms with Crippen LogP contribution in [0.25, 0.3) is 10.7 Å². The normalized spacial score (nSPS) is 17.3. The van der Waals surface area contributed by atoms with Gasteiger partial charge in [-0.3, -0.25) is 14.8 Å². The first-order valence-corrected chi connectivity index (χ1v) is 10.7. The second-order valence-electron chi connectivity index (χ2n) is 7.19. The molecule has 0 amide bonds. The third kappa shape index (κ3) is 5.24. The molecule has 4 rings (SSSR count). The number of methoxy groups -OCH3 is 1. The molecule has 1 saturated heterocycles. The second kappa shape index (κ2) is 9.53. The predicted octanol–water partition coefficient (Wildman–Crippen LogP) is 3.00. The monoisotopic (exact) mass is 414 g/mol. The van der Waals surface area contributed by atoms with Gasteiger partial charge in [0.2, 0.25) is 5.89 Å². The molecule has 0 unspecified atom stereocenters. The van der Waals surface area contributed by atoms with Gasteiger partial charge in [-0.05, 0) is 38.6 Å². The molecule has 8 nitrogen and oxygen atoms in total. The standard InChI is InChI=1S/C20H26N6O2S/c1-15(27-2)19-23-18(28-24-19)13-26-9-5-8-25(10-11-26)12-16-14-29-20(22-16)17-6-3-4-7-21-17/h3-4,6-7,14-15H,5,8-13H2,1-2H3/t15-/m1/s1. The molecular formula is C20H26N6O2S. The molecule has 3 aromatic rings. The summed E-state index contributed by atoms with van der Waals surface area (Å²) in [5.74, 6) is 1.25. The molecule has 29 heavy (non-hydrogen) atoms. The highest BCUT2D eigenvalue weighted by atomic mass is 32.1. The van der Waals surface area contributed by atoms with Crippen LogP contribution >= 0.6 is 11.3 Å². The molecule has 0 radical (unpaired) electrons. The molecule has 1 fully saturated rings. The fourth-order valence-electron chi connectivity index (χ4n) is 3.35. The van der Waals surface area contributed by atoms with Crippen molar-refractivity contribution in [1.29, 1.82) is 0 Å². The summed E-state index contributed by atoms with van der Waals surface area (Å²) < 4.78 is 10.6. The summed E-state index contributed by atoms with van der Waals surface area (Å²) in [6.07, 6.45) is 2.76. The van der Waals surface area contributed by atoms with Crippen molar-refractivity contribution in [2.24, 2.45) is 0 Å². The molecule has 0 bridgehead atoms. The van der Waals surface area contributed by atoms with Crippen LogP contribution < -0.4 is 0 Å². The lowest BCUT2D eigenvalue weighted by Crippen LogP contribution is -2.30. The van der Waals surface area contributed by atoms with E-state index in [0.717, 1.165) is 55.5 Å². The lowest BCUT2D eigenvalue weighted by atomic mass is 10.3. The minimum Gasteiger partial charge on any atom is -0.374 e. The maximum atomic E-state index is 5.39. The van der Waals surface area contributed by atoms with Crippen molar-refractivity contribution >= 4 is 11.3 Å². The van der Waals surface area contributed by atoms with Gasteiger partial charge in [0.25, 0.3) is 0 Å². The van der Waals surface area contributed by atoms with Gasteiger partial charge < -0.3 is 9.26 Å². The quantitative estimate of drug-likeness (QED) is 0.584. The molecule has 154 valence electrons. The lowest BCUT2D eigenvalue weighted by molar-refractivity contribution is 0.109. The van der Waals surface area contributed by atoms with E-state index in [2.05, 4.69) is 30.3 Å². The van der Waals surface area contributed by atoms with Gasteiger partial charge in [-0.25, -0.2) is 4.98 Å². The molecule has 0 saturated carbocycles. The van der Waals surface area contributed by atoms with Crippen molar-refractivity contribution in [2.75, 3.05) is 33.3 Å². The summed E-state index contributed by atoms with van der Waals surface area (Å²) in [6, 6.07) is 5.92. The van der Waals surface area contributed by atoms with Crippen molar-refractivity contribution < 1.29 is 9.26 Å². The highest BCUT2D eigenvalue weighted by Crippen LogP contribution is 2.22. The Balaban J connectivity index is 1.30. The van der Waals surface area contributed by atoms with Crippen molar-refractivity contribution in [2.45, 2.75) is 32.5 Å². The van der Waals surface area contributed by atoms with E-state index in [1.165, 1.54) is 0 Å². The van der Waals surface area contributed by atoms with E-state index < -0.39 is 0 Å². The summed E-state index contributed by atoms with van der Waals surface area (Å²) in [4.78, 5) is 18.5. The number of hydrogen-bond donors (Lipinski definition) is 0. The Kier molecular flexibility index (Phi) is 6.60. The Morgan fingerprint density at radius 2 is 1.97 bits per heavy atom. The van der Waals surface area contributed by atoms with E-state index in [4.69, 9.17) is 14.2 Å². The van der Waals surface area contributed by atoms with E-state index in [9.17, 15) is 0 Å². The van der Waals surface area contributed by atoms with Gasteiger partial charge in [-0.1, -0.05) is 11.2 Å². The van der Waals surface area contributed by atoms with Crippen LogP contribution in [0.3, 0.4) is 0 Å². The molecule has 1 aliphatic heterocycles. The van der Waals surface area contributed by atoms with Gasteiger partial charge in [0, 0.05) is 38.3 Å². The maximum absolute atomic E-state index is 5.39. The first kappa shape index (κ1) is 20.1. The van der Waals surface area contributed by atoms with Gasteiger partial charge >= 0.3 is 0 Å². The van der Waals surface area contributed by atoms with Crippen LogP contribution in [0.15, 0.2) is 34.3 Å². The van der Waals surface area contributed by atoms with Crippen LogP contribution in [-0.2, 0) is 17.8 Å². The average molecular weight is 415 g/mol. The molecule has 0 N–H and O–H groups in total. The van der Waals surface area contributed by atoms with Crippen LogP contribution in [0.4, 0.5) is 0 Å². The number of hydrogen-bond acceptors (Lipinski definition) is 9. The molecule has 0 aromatic carbocycles. The van der Waals surface area contributed by atoms with E-state index in [0.29, 0.717) is 18.3 Å². The van der Waals surface area contributed by atoms with Gasteiger partial charge in [0.15, 0.2) is 5.82 Å². The number of rotatable bonds is 7. The van der Waals surface area contributed by atoms with Crippen LogP contribution in [0, 0.1) is 0 Å². The summed E-state index contributed by atoms with van der Waals surface area (Å²) in [5.41, 5.74) is 2.05. The molecule has 0 spiro atoms. The SMILES string of the molecule is CO[C@H](C)c1noc(CN2CCCN(Cc3csc(-c4ccccn4)n3)CC2)n1. The van der Waals surface area contributed by atoms with Crippen molar-refractivity contribution in [1.82, 2.24) is 29.9 Å². The van der Waals surface area contributed by atoms with Crippen molar-refractivity contribution in [3.63, 3.8) is 0 Å². The van der Waals surface area contributed by atoms with Crippen LogP contribution in [0.1, 0.15) is 36.9 Å².